The van der Waals surface area contributed by atoms with Crippen molar-refractivity contribution >= 4 is 5.69 Å². The van der Waals surface area contributed by atoms with Gasteiger partial charge in [0.1, 0.15) is 5.75 Å². The zero-order valence-corrected chi connectivity index (χ0v) is 14.4. The monoisotopic (exact) mass is 329 g/mol. The van der Waals surface area contributed by atoms with E-state index in [1.54, 1.807) is 20.4 Å². The van der Waals surface area contributed by atoms with Gasteiger partial charge in [0.2, 0.25) is 0 Å². The van der Waals surface area contributed by atoms with E-state index >= 15 is 0 Å². The van der Waals surface area contributed by atoms with Crippen LogP contribution < -0.4 is 20.9 Å². The van der Waals surface area contributed by atoms with Crippen LogP contribution in [0.1, 0.15) is 24.0 Å². The van der Waals surface area contributed by atoms with E-state index in [1.165, 1.54) is 21.7 Å². The summed E-state index contributed by atoms with van der Waals surface area (Å²) < 4.78 is 7.96. The van der Waals surface area contributed by atoms with Gasteiger partial charge in [0.25, 0.3) is 5.56 Å². The molecule has 0 fully saturated rings. The Labute approximate surface area is 140 Å². The Kier molecular flexibility index (Phi) is 4.46. The Morgan fingerprint density at radius 3 is 2.71 bits per heavy atom. The van der Waals surface area contributed by atoms with Gasteiger partial charge in [-0.2, -0.15) is 0 Å². The van der Waals surface area contributed by atoms with Gasteiger partial charge in [-0.15, -0.1) is 0 Å². The number of rotatable bonds is 3. The lowest BCUT2D eigenvalue weighted by atomic mass is 10.1. The summed E-state index contributed by atoms with van der Waals surface area (Å²) in [6.07, 6.45) is 4.85. The number of benzene rings is 1. The number of anilines is 1. The third-order valence-electron chi connectivity index (χ3n) is 4.63. The molecule has 0 bridgehead atoms. The van der Waals surface area contributed by atoms with E-state index < -0.39 is 0 Å². The Balaban J connectivity index is 2.00. The molecule has 0 atom stereocenters. The van der Waals surface area contributed by atoms with Gasteiger partial charge in [0, 0.05) is 39.1 Å². The predicted octanol–water partition coefficient (Wildman–Crippen LogP) is 1.44. The Bertz CT molecular complexity index is 867. The number of aryl methyl sites for hydroxylation is 2. The zero-order valence-electron chi connectivity index (χ0n) is 14.4. The summed E-state index contributed by atoms with van der Waals surface area (Å²) in [6, 6.07) is 6.09. The minimum atomic E-state index is -0.301. The minimum Gasteiger partial charge on any atom is -0.497 e. The van der Waals surface area contributed by atoms with Crippen molar-refractivity contribution in [1.82, 2.24) is 9.13 Å². The summed E-state index contributed by atoms with van der Waals surface area (Å²) in [4.78, 5) is 26.5. The first-order valence-corrected chi connectivity index (χ1v) is 8.18. The molecule has 6 nitrogen and oxygen atoms in total. The molecule has 24 heavy (non-hydrogen) atoms. The van der Waals surface area contributed by atoms with Crippen LogP contribution in [0.4, 0.5) is 5.69 Å². The quantitative estimate of drug-likeness (QED) is 0.855. The molecule has 0 unspecified atom stereocenters. The van der Waals surface area contributed by atoms with E-state index in [2.05, 4.69) is 17.0 Å². The number of methoxy groups -OCH3 is 1. The van der Waals surface area contributed by atoms with Crippen molar-refractivity contribution in [3.8, 4) is 5.75 Å². The lowest BCUT2D eigenvalue weighted by molar-refractivity contribution is 0.414. The van der Waals surface area contributed by atoms with Crippen molar-refractivity contribution in [2.75, 3.05) is 18.6 Å². The second-order valence-electron chi connectivity index (χ2n) is 6.29. The van der Waals surface area contributed by atoms with Crippen LogP contribution in [0.5, 0.6) is 5.75 Å². The number of nitrogens with zero attached hydrogens (tertiary/aromatic N) is 3. The van der Waals surface area contributed by atoms with Gasteiger partial charge < -0.3 is 14.2 Å². The molecule has 128 valence electrons. The maximum atomic E-state index is 12.4. The smallest absolute Gasteiger partial charge is 0.330 e. The predicted molar refractivity (Wildman–Crippen MR) is 93.9 cm³/mol. The van der Waals surface area contributed by atoms with Crippen LogP contribution >= 0.6 is 0 Å². The molecule has 0 N–H and O–H groups in total. The molecular weight excluding hydrogens is 306 g/mol. The summed E-state index contributed by atoms with van der Waals surface area (Å²) in [6.45, 7) is 1.39. The van der Waals surface area contributed by atoms with Gasteiger partial charge in [-0.1, -0.05) is 0 Å². The van der Waals surface area contributed by atoms with Crippen molar-refractivity contribution in [2.45, 2.75) is 25.8 Å². The highest BCUT2D eigenvalue weighted by molar-refractivity contribution is 5.57. The first-order chi connectivity index (χ1) is 11.5. The third-order valence-corrected chi connectivity index (χ3v) is 4.63. The van der Waals surface area contributed by atoms with Crippen LogP contribution in [0.25, 0.3) is 0 Å². The normalized spacial score (nSPS) is 14.2. The van der Waals surface area contributed by atoms with Crippen LogP contribution in [0.3, 0.4) is 0 Å². The fraction of sp³-hybridized carbons (Fsp3) is 0.444. The Morgan fingerprint density at radius 2 is 1.96 bits per heavy atom. The van der Waals surface area contributed by atoms with Crippen molar-refractivity contribution in [3.63, 3.8) is 0 Å². The highest BCUT2D eigenvalue weighted by Crippen LogP contribution is 2.30. The number of hydrogen-bond donors (Lipinski definition) is 0. The van der Waals surface area contributed by atoms with Crippen LogP contribution in [-0.2, 0) is 27.1 Å². The second-order valence-corrected chi connectivity index (χ2v) is 6.29. The average Bonchev–Trinajstić information content (AvgIpc) is 2.79. The summed E-state index contributed by atoms with van der Waals surface area (Å²) in [5, 5.41) is 0. The summed E-state index contributed by atoms with van der Waals surface area (Å²) in [5.41, 5.74) is 2.49. The van der Waals surface area contributed by atoms with Crippen molar-refractivity contribution < 1.29 is 4.74 Å². The van der Waals surface area contributed by atoms with Gasteiger partial charge in [-0.25, -0.2) is 4.79 Å². The van der Waals surface area contributed by atoms with Crippen LogP contribution in [0, 0.1) is 0 Å². The highest BCUT2D eigenvalue weighted by atomic mass is 16.5. The van der Waals surface area contributed by atoms with Crippen LogP contribution in [-0.4, -0.2) is 22.8 Å². The lowest BCUT2D eigenvalue weighted by Gasteiger charge is -2.25. The molecule has 0 saturated heterocycles. The molecule has 1 aliphatic rings. The molecule has 3 rings (SSSR count). The number of fused-ring (bicyclic) bond motifs is 1. The molecular formula is C18H23N3O3. The molecule has 0 saturated carbocycles. The van der Waals surface area contributed by atoms with Gasteiger partial charge >= 0.3 is 5.69 Å². The molecule has 0 amide bonds. The van der Waals surface area contributed by atoms with Crippen molar-refractivity contribution in [1.29, 1.82) is 0 Å². The van der Waals surface area contributed by atoms with Crippen molar-refractivity contribution in [3.05, 3.63) is 56.4 Å². The highest BCUT2D eigenvalue weighted by Gasteiger charge is 2.18. The Hall–Kier alpha value is -2.50. The largest absolute Gasteiger partial charge is 0.497 e. The minimum absolute atomic E-state index is 0.225. The average molecular weight is 329 g/mol. The standard InChI is InChI=1S/C18H23N3O3/c1-19-11-14(17(22)20(2)18(19)23)12-21-9-5-4-6-13-10-15(24-3)7-8-16(13)21/h7-8,10-11H,4-6,9,12H2,1-3H3. The second kappa shape index (κ2) is 6.55. The van der Waals surface area contributed by atoms with Crippen molar-refractivity contribution in [2.24, 2.45) is 14.1 Å². The molecule has 1 aromatic carbocycles. The molecule has 6 heteroatoms. The third kappa shape index (κ3) is 2.96. The summed E-state index contributed by atoms with van der Waals surface area (Å²) in [5.74, 6) is 0.855. The maximum absolute atomic E-state index is 12.4. The van der Waals surface area contributed by atoms with E-state index in [1.807, 2.05) is 6.07 Å². The fourth-order valence-electron chi connectivity index (χ4n) is 3.30. The topological polar surface area (TPSA) is 56.5 Å². The lowest BCUT2D eigenvalue weighted by Crippen LogP contribution is -2.40. The number of ether oxygens (including phenoxy) is 1. The van der Waals surface area contributed by atoms with Gasteiger partial charge in [0.15, 0.2) is 0 Å². The van der Waals surface area contributed by atoms with Gasteiger partial charge in [-0.05, 0) is 43.0 Å². The molecule has 1 aromatic heterocycles. The van der Waals surface area contributed by atoms with E-state index in [0.29, 0.717) is 12.1 Å². The van der Waals surface area contributed by atoms with E-state index in [4.69, 9.17) is 4.74 Å². The number of hydrogen-bond acceptors (Lipinski definition) is 4. The molecule has 0 radical (unpaired) electrons. The summed E-state index contributed by atoms with van der Waals surface area (Å²) >= 11 is 0. The molecule has 1 aliphatic heterocycles. The fourth-order valence-corrected chi connectivity index (χ4v) is 3.30. The van der Waals surface area contributed by atoms with Crippen LogP contribution in [0.2, 0.25) is 0 Å². The first-order valence-electron chi connectivity index (χ1n) is 8.18. The Morgan fingerprint density at radius 1 is 1.17 bits per heavy atom. The maximum Gasteiger partial charge on any atom is 0.330 e. The van der Waals surface area contributed by atoms with Gasteiger partial charge in [-0.3, -0.25) is 9.36 Å². The van der Waals surface area contributed by atoms with Gasteiger partial charge in [0.05, 0.1) is 12.7 Å². The zero-order chi connectivity index (χ0) is 17.3. The van der Waals surface area contributed by atoms with E-state index in [9.17, 15) is 9.59 Å². The molecule has 2 heterocycles. The van der Waals surface area contributed by atoms with E-state index in [-0.39, 0.29) is 11.2 Å². The first kappa shape index (κ1) is 16.4. The van der Waals surface area contributed by atoms with Crippen LogP contribution in [0.15, 0.2) is 34.0 Å². The number of aromatic nitrogens is 2. The molecule has 0 spiro atoms. The summed E-state index contributed by atoms with van der Waals surface area (Å²) in [7, 11) is 4.87. The molecule has 2 aromatic rings. The SMILES string of the molecule is COc1ccc2c(c1)CCCCN2Cc1cn(C)c(=O)n(C)c1=O. The molecule has 0 aliphatic carbocycles. The van der Waals surface area contributed by atoms with E-state index in [0.717, 1.165) is 37.2 Å².